The monoisotopic (exact) mass is 1220 g/mol. The zero-order chi connectivity index (χ0) is 61.3. The summed E-state index contributed by atoms with van der Waals surface area (Å²) in [7, 11) is -10.0. The van der Waals surface area contributed by atoms with E-state index in [0.29, 0.717) is 11.6 Å². The van der Waals surface area contributed by atoms with Crippen LogP contribution in [0.3, 0.4) is 0 Å². The van der Waals surface area contributed by atoms with Crippen LogP contribution >= 0.6 is 0 Å². The van der Waals surface area contributed by atoms with Crippen molar-refractivity contribution in [1.82, 2.24) is 33.9 Å². The molecule has 0 N–H and O–H groups in total. The average Bonchev–Trinajstić information content (AvgIpc) is 1.18. The van der Waals surface area contributed by atoms with Gasteiger partial charge >= 0.3 is 0 Å². The topological polar surface area (TPSA) is 83.0 Å². The lowest BCUT2D eigenvalue weighted by Crippen LogP contribution is -2.81. The second-order valence-electron chi connectivity index (χ2n) is 25.1. The molecule has 0 bridgehead atoms. The molecule has 11 heteroatoms. The molecule has 8 nitrogen and oxygen atoms in total. The number of benzene rings is 10. The van der Waals surface area contributed by atoms with Gasteiger partial charge in [-0.25, -0.2) is 24.9 Å². The summed E-state index contributed by atoms with van der Waals surface area (Å²) in [4.78, 5) is 28.2. The number of nitrogens with zero attached hydrogens (tertiary/aromatic N) is 7. The SMILES string of the molecule is C[Si](C)(c1cc(-c2ccccc2)nc(-c2ccccc2)n1)C1([Si](C)(C)c2cc(-c3ccccc3)nc(-c3ccccc3)n2)c2ccccc2OC2C([Si](c3ccccc3)(c3ccccc3)c3cccc(-n4c5ccccc5n5c6ccccc6nc45)c3)=CC=CC21. The molecule has 2 aliphatic rings. The summed E-state index contributed by atoms with van der Waals surface area (Å²) in [6, 6.07) is 105. The molecule has 0 amide bonds. The molecule has 1 aliphatic carbocycles. The number of imidazole rings is 2. The maximum Gasteiger partial charge on any atom is 0.220 e. The van der Waals surface area contributed by atoms with E-state index >= 15 is 0 Å². The molecule has 16 rings (SSSR count). The van der Waals surface area contributed by atoms with Gasteiger partial charge in [-0.3, -0.25) is 8.97 Å². The van der Waals surface area contributed by atoms with Gasteiger partial charge in [0.1, 0.15) is 28.0 Å². The van der Waals surface area contributed by atoms with Crippen LogP contribution in [-0.2, 0) is 4.66 Å². The van der Waals surface area contributed by atoms with Crippen LogP contribution in [0.2, 0.25) is 26.2 Å². The molecule has 14 aromatic rings. The Bertz CT molecular complexity index is 4820. The lowest BCUT2D eigenvalue weighted by atomic mass is 9.86. The molecular weight excluding hydrogens is 1160 g/mol. The number of ether oxygens (including phenoxy) is 1. The Labute approximate surface area is 533 Å². The number of fused-ring (bicyclic) bond motifs is 7. The number of hydrogen-bond acceptors (Lipinski definition) is 6. The Balaban J connectivity index is 0.995. The van der Waals surface area contributed by atoms with Crippen molar-refractivity contribution in [3.05, 3.63) is 320 Å². The molecule has 0 fully saturated rings. The summed E-state index contributed by atoms with van der Waals surface area (Å²) in [5, 5.41) is 7.18. The van der Waals surface area contributed by atoms with Gasteiger partial charge in [-0.1, -0.05) is 281 Å². The lowest BCUT2D eigenvalue weighted by Gasteiger charge is -2.62. The molecule has 0 spiro atoms. The third-order valence-electron chi connectivity index (χ3n) is 19.7. The highest BCUT2D eigenvalue weighted by molar-refractivity contribution is 7.16. The van der Waals surface area contributed by atoms with E-state index in [-0.39, 0.29) is 5.92 Å². The van der Waals surface area contributed by atoms with Gasteiger partial charge in [-0.15, -0.1) is 0 Å². The standard InChI is InChI=1S/C80H65N7OSi3/c1-89(2,74-54-67(56-31-11-5-12-32-56)81-77(84-74)58-35-15-7-16-36-58)80(90(3,4)75-55-68(57-33-13-6-14-34-57)82-78(85-75)59-37-17-8-18-38-59)64-45-23-28-51-72(64)88-76-65(80)46-30-52-73(76)91(61-40-19-9-20-41-61,62-42-21-10-22-43-62)63-44-29-39-60(53-63)86-70-49-26-27-50-71(70)87-69-48-25-24-47-66(69)83-79(86)87/h5-55,65,76H,1-4H3. The van der Waals surface area contributed by atoms with Gasteiger partial charge < -0.3 is 4.74 Å². The van der Waals surface area contributed by atoms with Crippen molar-refractivity contribution in [1.29, 1.82) is 0 Å². The van der Waals surface area contributed by atoms with E-state index in [0.717, 1.165) is 83.6 Å². The molecule has 2 atom stereocenters. The Kier molecular flexibility index (Phi) is 13.7. The predicted molar refractivity (Wildman–Crippen MR) is 380 cm³/mol. The van der Waals surface area contributed by atoms with Gasteiger partial charge in [0.05, 0.1) is 33.5 Å². The number of allylic oxidation sites excluding steroid dienone is 2. The predicted octanol–water partition coefficient (Wildman–Crippen LogP) is 14.8. The molecule has 0 saturated carbocycles. The Hall–Kier alpha value is -10.4. The largest absolute Gasteiger partial charge is 0.486 e. The van der Waals surface area contributed by atoms with Gasteiger partial charge in [0.2, 0.25) is 5.78 Å². The van der Waals surface area contributed by atoms with Gasteiger partial charge in [0.15, 0.2) is 19.7 Å². The molecule has 5 heterocycles. The van der Waals surface area contributed by atoms with Gasteiger partial charge in [-0.2, -0.15) is 0 Å². The summed E-state index contributed by atoms with van der Waals surface area (Å²) >= 11 is 0. The Morgan fingerprint density at radius 2 is 0.868 bits per heavy atom. The van der Waals surface area contributed by atoms with Crippen molar-refractivity contribution >= 4 is 78.3 Å². The first-order valence-corrected chi connectivity index (χ1v) is 39.4. The first-order valence-electron chi connectivity index (χ1n) is 31.4. The molecule has 2 unspecified atom stereocenters. The molecule has 0 radical (unpaired) electrons. The van der Waals surface area contributed by atoms with Crippen molar-refractivity contribution in [3.8, 4) is 56.7 Å². The summed E-state index contributed by atoms with van der Waals surface area (Å²) in [5.41, 5.74) is 12.3. The second-order valence-corrected chi connectivity index (χ2v) is 38.5. The fourth-order valence-electron chi connectivity index (χ4n) is 15.8. The van der Waals surface area contributed by atoms with Crippen molar-refractivity contribution in [3.63, 3.8) is 0 Å². The summed E-state index contributed by atoms with van der Waals surface area (Å²) in [6.45, 7) is 10.4. The van der Waals surface area contributed by atoms with Crippen LogP contribution in [0.25, 0.3) is 78.8 Å². The van der Waals surface area contributed by atoms with Crippen molar-refractivity contribution in [2.45, 2.75) is 37.0 Å². The zero-order valence-corrected chi connectivity index (χ0v) is 54.1. The highest BCUT2D eigenvalue weighted by Gasteiger charge is 2.69. The molecule has 1 aliphatic heterocycles. The van der Waals surface area contributed by atoms with Gasteiger partial charge in [0, 0.05) is 49.2 Å². The van der Waals surface area contributed by atoms with E-state index in [4.69, 9.17) is 29.7 Å². The summed E-state index contributed by atoms with van der Waals surface area (Å²) < 4.78 is 12.1. The van der Waals surface area contributed by atoms with Crippen molar-refractivity contribution in [2.75, 3.05) is 0 Å². The number of aromatic nitrogens is 7. The normalized spacial score (nSPS) is 15.5. The van der Waals surface area contributed by atoms with Crippen LogP contribution in [0.15, 0.2) is 315 Å². The number of para-hydroxylation sites is 5. The molecule has 91 heavy (non-hydrogen) atoms. The van der Waals surface area contributed by atoms with Crippen LogP contribution in [0.5, 0.6) is 5.75 Å². The molecule has 438 valence electrons. The van der Waals surface area contributed by atoms with Crippen LogP contribution < -0.4 is 30.9 Å². The molecular formula is C80H65N7OSi3. The lowest BCUT2D eigenvalue weighted by molar-refractivity contribution is 0.154. The van der Waals surface area contributed by atoms with Crippen LogP contribution in [0.4, 0.5) is 0 Å². The van der Waals surface area contributed by atoms with E-state index in [1.807, 2.05) is 0 Å². The van der Waals surface area contributed by atoms with E-state index in [1.165, 1.54) is 26.3 Å². The van der Waals surface area contributed by atoms with Crippen LogP contribution in [0.1, 0.15) is 5.56 Å². The fourth-order valence-corrected chi connectivity index (χ4v) is 34.4. The first-order chi connectivity index (χ1) is 44.6. The highest BCUT2D eigenvalue weighted by atomic mass is 28.4. The van der Waals surface area contributed by atoms with Crippen molar-refractivity contribution < 1.29 is 4.74 Å². The average molecular weight is 1220 g/mol. The maximum absolute atomic E-state index is 8.14. The molecule has 4 aromatic heterocycles. The van der Waals surface area contributed by atoms with E-state index < -0.39 is 35.0 Å². The minimum Gasteiger partial charge on any atom is -0.486 e. The second kappa shape index (κ2) is 22.2. The summed E-state index contributed by atoms with van der Waals surface area (Å²) in [5.74, 6) is 2.93. The van der Waals surface area contributed by atoms with Crippen LogP contribution in [-0.4, -0.2) is 64.2 Å². The summed E-state index contributed by atoms with van der Waals surface area (Å²) in [6.07, 6.45) is 6.89. The first kappa shape index (κ1) is 55.8. The number of hydrogen-bond donors (Lipinski definition) is 0. The van der Waals surface area contributed by atoms with Crippen LogP contribution in [0, 0.1) is 5.92 Å². The number of rotatable bonds is 13. The third-order valence-corrected chi connectivity index (χ3v) is 36.6. The fraction of sp³-hybridized carbons (Fsp3) is 0.0875. The van der Waals surface area contributed by atoms with E-state index in [1.54, 1.807) is 0 Å². The zero-order valence-electron chi connectivity index (χ0n) is 51.1. The highest BCUT2D eigenvalue weighted by Crippen LogP contribution is 2.58. The smallest absolute Gasteiger partial charge is 0.220 e. The third kappa shape index (κ3) is 8.85. The Morgan fingerprint density at radius 1 is 0.407 bits per heavy atom. The van der Waals surface area contributed by atoms with E-state index in [2.05, 4.69) is 345 Å². The Morgan fingerprint density at radius 3 is 1.43 bits per heavy atom. The molecule has 10 aromatic carbocycles. The van der Waals surface area contributed by atoms with Crippen molar-refractivity contribution in [2.24, 2.45) is 5.92 Å². The minimum absolute atomic E-state index is 0.246. The van der Waals surface area contributed by atoms with Gasteiger partial charge in [0.25, 0.3) is 0 Å². The van der Waals surface area contributed by atoms with E-state index in [9.17, 15) is 0 Å². The minimum atomic E-state index is -3.49. The quantitative estimate of drug-likeness (QED) is 0.0845. The molecule has 0 saturated heterocycles. The van der Waals surface area contributed by atoms with Gasteiger partial charge in [-0.05, 0) is 80.9 Å². The maximum atomic E-state index is 8.14.